The average Bonchev–Trinajstić information content (AvgIpc) is 3.47. The second-order valence-electron chi connectivity index (χ2n) is 7.87. The van der Waals surface area contributed by atoms with E-state index in [1.54, 1.807) is 78.9 Å². The standard InChI is InChI=1S/C29H22ClN3O5S/c1-37-26-16-19(13-14-25(26)38-29(36)22-11-5-6-12-23(22)30)18-31-33-28(35)24(17-21-10-7-15-39-21)32-27(34)20-8-3-2-4-9-20/h2-18H,1H3,(H,32,34)(H,33,35). The van der Waals surface area contributed by atoms with Crippen LogP contribution in [0.4, 0.5) is 0 Å². The SMILES string of the molecule is COc1cc(C=NNC(=O)C(=Cc2cccs2)NC(=O)c2ccccc2)ccc1OC(=O)c1ccccc1Cl. The predicted octanol–water partition coefficient (Wildman–Crippen LogP) is 5.55. The zero-order valence-electron chi connectivity index (χ0n) is 20.6. The van der Waals surface area contributed by atoms with Crippen molar-refractivity contribution in [1.82, 2.24) is 10.7 Å². The number of rotatable bonds is 9. The lowest BCUT2D eigenvalue weighted by Gasteiger charge is -2.11. The molecule has 0 saturated carbocycles. The Morgan fingerprint density at radius 3 is 2.41 bits per heavy atom. The molecule has 1 heterocycles. The molecule has 2 N–H and O–H groups in total. The van der Waals surface area contributed by atoms with E-state index in [1.807, 2.05) is 17.5 Å². The van der Waals surface area contributed by atoms with E-state index in [4.69, 9.17) is 21.1 Å². The van der Waals surface area contributed by atoms with Crippen LogP contribution in [0.15, 0.2) is 101 Å². The highest BCUT2D eigenvalue weighted by atomic mass is 35.5. The molecular formula is C29H22ClN3O5S. The lowest BCUT2D eigenvalue weighted by molar-refractivity contribution is -0.117. The maximum atomic E-state index is 12.9. The minimum Gasteiger partial charge on any atom is -0.493 e. The van der Waals surface area contributed by atoms with Gasteiger partial charge in [0.1, 0.15) is 5.70 Å². The minimum atomic E-state index is -0.629. The van der Waals surface area contributed by atoms with E-state index in [0.717, 1.165) is 4.88 Å². The Bertz CT molecular complexity index is 1540. The van der Waals surface area contributed by atoms with Crippen molar-refractivity contribution < 1.29 is 23.9 Å². The number of hydrazone groups is 1. The molecule has 8 nitrogen and oxygen atoms in total. The first kappa shape index (κ1) is 27.3. The molecule has 4 rings (SSSR count). The zero-order chi connectivity index (χ0) is 27.6. The van der Waals surface area contributed by atoms with Crippen LogP contribution in [-0.2, 0) is 4.79 Å². The summed E-state index contributed by atoms with van der Waals surface area (Å²) in [5.74, 6) is -1.20. The van der Waals surface area contributed by atoms with E-state index in [-0.39, 0.29) is 27.8 Å². The van der Waals surface area contributed by atoms with E-state index in [0.29, 0.717) is 11.1 Å². The van der Waals surface area contributed by atoms with Crippen molar-refractivity contribution in [3.63, 3.8) is 0 Å². The number of benzene rings is 3. The van der Waals surface area contributed by atoms with E-state index in [1.165, 1.54) is 24.7 Å². The van der Waals surface area contributed by atoms with Gasteiger partial charge in [0.15, 0.2) is 11.5 Å². The highest BCUT2D eigenvalue weighted by molar-refractivity contribution is 7.10. The minimum absolute atomic E-state index is 0.0304. The van der Waals surface area contributed by atoms with Crippen molar-refractivity contribution >= 4 is 53.0 Å². The lowest BCUT2D eigenvalue weighted by atomic mass is 10.2. The average molecular weight is 560 g/mol. The van der Waals surface area contributed by atoms with Crippen LogP contribution in [0.25, 0.3) is 6.08 Å². The summed E-state index contributed by atoms with van der Waals surface area (Å²) in [5.41, 5.74) is 3.64. The third-order valence-electron chi connectivity index (χ3n) is 5.22. The largest absolute Gasteiger partial charge is 0.493 e. The Labute approximate surface area is 233 Å². The number of nitrogens with one attached hydrogen (secondary N) is 2. The Hall–Kier alpha value is -4.73. The number of thiophene rings is 1. The van der Waals surface area contributed by atoms with Crippen LogP contribution in [-0.4, -0.2) is 31.1 Å². The fourth-order valence-corrected chi connectivity index (χ4v) is 4.18. The van der Waals surface area contributed by atoms with Gasteiger partial charge in [-0.1, -0.05) is 48.0 Å². The second kappa shape index (κ2) is 13.2. The first-order chi connectivity index (χ1) is 18.9. The maximum Gasteiger partial charge on any atom is 0.345 e. The van der Waals surface area contributed by atoms with Crippen molar-refractivity contribution in [2.24, 2.45) is 5.10 Å². The molecule has 196 valence electrons. The molecule has 0 atom stereocenters. The number of carbonyl (C=O) groups excluding carboxylic acids is 3. The molecule has 0 fully saturated rings. The maximum absolute atomic E-state index is 12.9. The van der Waals surface area contributed by atoms with Gasteiger partial charge in [0.05, 0.1) is 23.9 Å². The van der Waals surface area contributed by atoms with Crippen LogP contribution in [0.3, 0.4) is 0 Å². The van der Waals surface area contributed by atoms with Crippen LogP contribution in [0, 0.1) is 0 Å². The van der Waals surface area contributed by atoms with Gasteiger partial charge in [-0.2, -0.15) is 5.10 Å². The Morgan fingerprint density at radius 2 is 1.69 bits per heavy atom. The smallest absolute Gasteiger partial charge is 0.345 e. The fourth-order valence-electron chi connectivity index (χ4n) is 3.31. The molecule has 0 spiro atoms. The van der Waals surface area contributed by atoms with Gasteiger partial charge < -0.3 is 14.8 Å². The number of carbonyl (C=O) groups is 3. The monoisotopic (exact) mass is 559 g/mol. The molecule has 0 saturated heterocycles. The normalized spacial score (nSPS) is 11.2. The third-order valence-corrected chi connectivity index (χ3v) is 6.37. The number of ether oxygens (including phenoxy) is 2. The van der Waals surface area contributed by atoms with Crippen LogP contribution >= 0.6 is 22.9 Å². The Balaban J connectivity index is 1.45. The quantitative estimate of drug-likeness (QED) is 0.0919. The van der Waals surface area contributed by atoms with Gasteiger partial charge in [-0.25, -0.2) is 10.2 Å². The predicted molar refractivity (Wildman–Crippen MR) is 151 cm³/mol. The van der Waals surface area contributed by atoms with Gasteiger partial charge in [-0.05, 0) is 65.6 Å². The number of halogens is 1. The number of methoxy groups -OCH3 is 1. The number of hydrogen-bond donors (Lipinski definition) is 2. The van der Waals surface area contributed by atoms with Crippen LogP contribution in [0.2, 0.25) is 5.02 Å². The molecule has 1 aromatic heterocycles. The topological polar surface area (TPSA) is 106 Å². The van der Waals surface area contributed by atoms with Gasteiger partial charge in [0.25, 0.3) is 11.8 Å². The summed E-state index contributed by atoms with van der Waals surface area (Å²) in [6.07, 6.45) is 2.96. The molecule has 0 aliphatic carbocycles. The van der Waals surface area contributed by atoms with Crippen LogP contribution in [0.1, 0.15) is 31.2 Å². The molecule has 0 bridgehead atoms. The van der Waals surface area contributed by atoms with Crippen molar-refractivity contribution in [3.05, 3.63) is 123 Å². The lowest BCUT2D eigenvalue weighted by Crippen LogP contribution is -2.32. The van der Waals surface area contributed by atoms with Gasteiger partial charge in [0.2, 0.25) is 0 Å². The van der Waals surface area contributed by atoms with E-state index in [2.05, 4.69) is 15.8 Å². The number of amides is 2. The molecule has 39 heavy (non-hydrogen) atoms. The third kappa shape index (κ3) is 7.41. The van der Waals surface area contributed by atoms with Gasteiger partial charge >= 0.3 is 5.97 Å². The molecular weight excluding hydrogens is 538 g/mol. The summed E-state index contributed by atoms with van der Waals surface area (Å²) in [6, 6.07) is 23.5. The summed E-state index contributed by atoms with van der Waals surface area (Å²) in [7, 11) is 1.43. The first-order valence-corrected chi connectivity index (χ1v) is 12.8. The molecule has 0 radical (unpaired) electrons. The molecule has 2 amide bonds. The van der Waals surface area contributed by atoms with Crippen LogP contribution < -0.4 is 20.2 Å². The first-order valence-electron chi connectivity index (χ1n) is 11.5. The summed E-state index contributed by atoms with van der Waals surface area (Å²) < 4.78 is 10.8. The van der Waals surface area contributed by atoms with Crippen molar-refractivity contribution in [2.45, 2.75) is 0 Å². The number of esters is 1. The van der Waals surface area contributed by atoms with E-state index in [9.17, 15) is 14.4 Å². The van der Waals surface area contributed by atoms with Gasteiger partial charge in [0, 0.05) is 10.4 Å². The molecule has 3 aromatic carbocycles. The fraction of sp³-hybridized carbons (Fsp3) is 0.0345. The Morgan fingerprint density at radius 1 is 0.923 bits per heavy atom. The van der Waals surface area contributed by atoms with Crippen LogP contribution in [0.5, 0.6) is 11.5 Å². The summed E-state index contributed by atoms with van der Waals surface area (Å²) >= 11 is 7.49. The molecule has 10 heteroatoms. The summed E-state index contributed by atoms with van der Waals surface area (Å²) in [5, 5.41) is 8.78. The van der Waals surface area contributed by atoms with Crippen molar-refractivity contribution in [3.8, 4) is 11.5 Å². The Kier molecular flexibility index (Phi) is 9.23. The van der Waals surface area contributed by atoms with Crippen molar-refractivity contribution in [2.75, 3.05) is 7.11 Å². The molecule has 0 unspecified atom stereocenters. The molecule has 0 aliphatic rings. The van der Waals surface area contributed by atoms with Gasteiger partial charge in [-0.15, -0.1) is 11.3 Å². The number of nitrogens with zero attached hydrogens (tertiary/aromatic N) is 1. The van der Waals surface area contributed by atoms with Gasteiger partial charge in [-0.3, -0.25) is 9.59 Å². The van der Waals surface area contributed by atoms with E-state index >= 15 is 0 Å². The molecule has 0 aliphatic heterocycles. The summed E-state index contributed by atoms with van der Waals surface area (Å²) in [4.78, 5) is 38.8. The summed E-state index contributed by atoms with van der Waals surface area (Å²) in [6.45, 7) is 0. The van der Waals surface area contributed by atoms with Crippen molar-refractivity contribution in [1.29, 1.82) is 0 Å². The zero-order valence-corrected chi connectivity index (χ0v) is 22.2. The highest BCUT2D eigenvalue weighted by Gasteiger charge is 2.16. The number of hydrogen-bond acceptors (Lipinski definition) is 7. The van der Waals surface area contributed by atoms with E-state index < -0.39 is 17.8 Å². The highest BCUT2D eigenvalue weighted by Crippen LogP contribution is 2.29. The molecule has 4 aromatic rings. The second-order valence-corrected chi connectivity index (χ2v) is 9.26.